The number of hydrogen-bond donors (Lipinski definition) is 1. The lowest BCUT2D eigenvalue weighted by Gasteiger charge is -2.29. The highest BCUT2D eigenvalue weighted by molar-refractivity contribution is 6.21. The van der Waals surface area contributed by atoms with Crippen molar-refractivity contribution in [1.82, 2.24) is 4.90 Å². The molecule has 0 bridgehead atoms. The molecule has 0 radical (unpaired) electrons. The number of nitrogens with zero attached hydrogens (tertiary/aromatic N) is 1. The lowest BCUT2D eigenvalue weighted by Crippen LogP contribution is -2.48. The number of esters is 1. The normalized spacial score (nSPS) is 15.2. The van der Waals surface area contributed by atoms with Crippen LogP contribution >= 0.6 is 0 Å². The standard InChI is InChI=1S/C21H19NO5/c1-2-8-17(18(23)13-27-21(26)14-9-4-3-5-10-14)22-19(24)15-11-6-7-12-16(15)20(22)25/h2-7,9-12,17-18,23H,1,8,13H2. The fourth-order valence-corrected chi connectivity index (χ4v) is 3.04. The summed E-state index contributed by atoms with van der Waals surface area (Å²) in [5.74, 6) is -1.54. The van der Waals surface area contributed by atoms with E-state index >= 15 is 0 Å². The number of aliphatic hydroxyl groups is 1. The van der Waals surface area contributed by atoms with E-state index < -0.39 is 29.9 Å². The minimum atomic E-state index is -1.24. The molecule has 138 valence electrons. The molecule has 0 saturated carbocycles. The van der Waals surface area contributed by atoms with Crippen molar-refractivity contribution in [2.24, 2.45) is 0 Å². The van der Waals surface area contributed by atoms with Crippen molar-refractivity contribution in [2.45, 2.75) is 18.6 Å². The number of carbonyl (C=O) groups excluding carboxylic acids is 3. The Morgan fingerprint density at radius 1 is 1.04 bits per heavy atom. The monoisotopic (exact) mass is 365 g/mol. The largest absolute Gasteiger partial charge is 0.459 e. The third-order valence-electron chi connectivity index (χ3n) is 4.40. The molecule has 0 fully saturated rings. The molecular weight excluding hydrogens is 346 g/mol. The van der Waals surface area contributed by atoms with E-state index in [9.17, 15) is 19.5 Å². The first-order valence-corrected chi connectivity index (χ1v) is 8.52. The fourth-order valence-electron chi connectivity index (χ4n) is 3.04. The van der Waals surface area contributed by atoms with Gasteiger partial charge in [0.05, 0.1) is 22.7 Å². The van der Waals surface area contributed by atoms with E-state index in [-0.39, 0.29) is 13.0 Å². The Kier molecular flexibility index (Phi) is 5.47. The Labute approximate surface area is 156 Å². The highest BCUT2D eigenvalue weighted by atomic mass is 16.5. The Morgan fingerprint density at radius 2 is 1.59 bits per heavy atom. The molecule has 0 aliphatic carbocycles. The van der Waals surface area contributed by atoms with Crippen LogP contribution in [0.4, 0.5) is 0 Å². The van der Waals surface area contributed by atoms with Gasteiger partial charge < -0.3 is 9.84 Å². The molecule has 1 aliphatic heterocycles. The molecule has 1 heterocycles. The minimum absolute atomic E-state index is 0.176. The number of carbonyl (C=O) groups is 3. The van der Waals surface area contributed by atoms with Crippen molar-refractivity contribution in [1.29, 1.82) is 0 Å². The topological polar surface area (TPSA) is 83.9 Å². The third-order valence-corrected chi connectivity index (χ3v) is 4.40. The van der Waals surface area contributed by atoms with E-state index in [0.29, 0.717) is 16.7 Å². The van der Waals surface area contributed by atoms with Crippen molar-refractivity contribution < 1.29 is 24.2 Å². The van der Waals surface area contributed by atoms with Gasteiger partial charge in [0.15, 0.2) is 0 Å². The van der Waals surface area contributed by atoms with Crippen LogP contribution in [-0.2, 0) is 4.74 Å². The van der Waals surface area contributed by atoms with Gasteiger partial charge in [-0.1, -0.05) is 36.4 Å². The first-order valence-electron chi connectivity index (χ1n) is 8.52. The first-order chi connectivity index (χ1) is 13.0. The van der Waals surface area contributed by atoms with Gasteiger partial charge in [-0.15, -0.1) is 6.58 Å². The molecule has 27 heavy (non-hydrogen) atoms. The van der Waals surface area contributed by atoms with E-state index in [1.807, 2.05) is 0 Å². The fraction of sp³-hybridized carbons (Fsp3) is 0.190. The second-order valence-corrected chi connectivity index (χ2v) is 6.15. The lowest BCUT2D eigenvalue weighted by atomic mass is 10.1. The maximum Gasteiger partial charge on any atom is 0.338 e. The second-order valence-electron chi connectivity index (χ2n) is 6.15. The molecule has 0 spiro atoms. The SMILES string of the molecule is C=CCC(C(O)COC(=O)c1ccccc1)N1C(=O)c2ccccc2C1=O. The second kappa shape index (κ2) is 7.97. The molecule has 0 saturated heterocycles. The Morgan fingerprint density at radius 3 is 2.15 bits per heavy atom. The molecule has 2 atom stereocenters. The average molecular weight is 365 g/mol. The first kappa shape index (κ1) is 18.5. The van der Waals surface area contributed by atoms with E-state index in [0.717, 1.165) is 4.90 Å². The van der Waals surface area contributed by atoms with Crippen molar-refractivity contribution in [3.8, 4) is 0 Å². The maximum absolute atomic E-state index is 12.6. The van der Waals surface area contributed by atoms with Crippen LogP contribution in [0.5, 0.6) is 0 Å². The summed E-state index contributed by atoms with van der Waals surface area (Å²) in [6.07, 6.45) is 0.448. The number of benzene rings is 2. The number of rotatable bonds is 7. The van der Waals surface area contributed by atoms with Crippen molar-refractivity contribution in [3.63, 3.8) is 0 Å². The number of fused-ring (bicyclic) bond motifs is 1. The van der Waals surface area contributed by atoms with Gasteiger partial charge in [0, 0.05) is 0 Å². The zero-order valence-electron chi connectivity index (χ0n) is 14.6. The summed E-state index contributed by atoms with van der Waals surface area (Å²) in [7, 11) is 0. The van der Waals surface area contributed by atoms with E-state index in [4.69, 9.17) is 4.74 Å². The van der Waals surface area contributed by atoms with Gasteiger partial charge in [0.2, 0.25) is 0 Å². The molecule has 2 aromatic carbocycles. The van der Waals surface area contributed by atoms with Crippen LogP contribution in [0.1, 0.15) is 37.5 Å². The molecule has 3 rings (SSSR count). The molecule has 2 aromatic rings. The van der Waals surface area contributed by atoms with Crippen molar-refractivity contribution >= 4 is 17.8 Å². The summed E-state index contributed by atoms with van der Waals surface area (Å²) >= 11 is 0. The smallest absolute Gasteiger partial charge is 0.338 e. The van der Waals surface area contributed by atoms with Crippen molar-refractivity contribution in [3.05, 3.63) is 83.9 Å². The van der Waals surface area contributed by atoms with Gasteiger partial charge in [-0.2, -0.15) is 0 Å². The average Bonchev–Trinajstić information content (AvgIpc) is 2.95. The van der Waals surface area contributed by atoms with Crippen LogP contribution in [0, 0.1) is 0 Å². The summed E-state index contributed by atoms with van der Waals surface area (Å²) in [6, 6.07) is 14.0. The highest BCUT2D eigenvalue weighted by Gasteiger charge is 2.42. The van der Waals surface area contributed by atoms with Crippen LogP contribution in [0.3, 0.4) is 0 Å². The molecule has 1 N–H and O–H groups in total. The minimum Gasteiger partial charge on any atom is -0.459 e. The van der Waals surface area contributed by atoms with Gasteiger partial charge in [-0.25, -0.2) is 4.79 Å². The zero-order chi connectivity index (χ0) is 19.4. The molecule has 2 unspecified atom stereocenters. The van der Waals surface area contributed by atoms with E-state index in [1.54, 1.807) is 54.6 Å². The summed E-state index contributed by atoms with van der Waals surface area (Å²) < 4.78 is 5.15. The number of imide groups is 1. The molecular formula is C21H19NO5. The van der Waals surface area contributed by atoms with Crippen LogP contribution < -0.4 is 0 Å². The van der Waals surface area contributed by atoms with Gasteiger partial charge in [-0.05, 0) is 30.7 Å². The van der Waals surface area contributed by atoms with Gasteiger partial charge in [-0.3, -0.25) is 14.5 Å². The molecule has 6 nitrogen and oxygen atoms in total. The van der Waals surface area contributed by atoms with Gasteiger partial charge in [0.1, 0.15) is 12.7 Å². The van der Waals surface area contributed by atoms with Gasteiger partial charge >= 0.3 is 5.97 Å². The lowest BCUT2D eigenvalue weighted by molar-refractivity contribution is -0.00202. The zero-order valence-corrected chi connectivity index (χ0v) is 14.6. The third kappa shape index (κ3) is 3.66. The summed E-state index contributed by atoms with van der Waals surface area (Å²) in [5, 5.41) is 10.5. The molecule has 0 aromatic heterocycles. The number of ether oxygens (including phenoxy) is 1. The van der Waals surface area contributed by atoms with Crippen molar-refractivity contribution in [2.75, 3.05) is 6.61 Å². The number of amides is 2. The van der Waals surface area contributed by atoms with E-state index in [1.165, 1.54) is 6.08 Å². The van der Waals surface area contributed by atoms with Crippen LogP contribution in [0.2, 0.25) is 0 Å². The van der Waals surface area contributed by atoms with E-state index in [2.05, 4.69) is 6.58 Å². The van der Waals surface area contributed by atoms with Gasteiger partial charge in [0.25, 0.3) is 11.8 Å². The van der Waals surface area contributed by atoms with Crippen LogP contribution in [-0.4, -0.2) is 46.5 Å². The Bertz CT molecular complexity index is 842. The summed E-state index contributed by atoms with van der Waals surface area (Å²) in [6.45, 7) is 3.28. The van der Waals surface area contributed by atoms with Crippen LogP contribution in [0.15, 0.2) is 67.3 Å². The molecule has 6 heteroatoms. The number of hydrogen-bond acceptors (Lipinski definition) is 5. The number of aliphatic hydroxyl groups excluding tert-OH is 1. The predicted octanol–water partition coefficient (Wildman–Crippen LogP) is 2.45. The molecule has 2 amide bonds. The summed E-state index contributed by atoms with van der Waals surface area (Å²) in [5.41, 5.74) is 0.945. The van der Waals surface area contributed by atoms with Crippen LogP contribution in [0.25, 0.3) is 0 Å². The predicted molar refractivity (Wildman–Crippen MR) is 98.3 cm³/mol. The highest BCUT2D eigenvalue weighted by Crippen LogP contribution is 2.27. The maximum atomic E-state index is 12.6. The summed E-state index contributed by atoms with van der Waals surface area (Å²) in [4.78, 5) is 38.4. The quantitative estimate of drug-likeness (QED) is 0.463. The Hall–Kier alpha value is -3.25. The Balaban J connectivity index is 1.74. The molecule has 1 aliphatic rings.